The summed E-state index contributed by atoms with van der Waals surface area (Å²) in [5.41, 5.74) is 4.47. The molecule has 0 bridgehead atoms. The maximum absolute atomic E-state index is 11.9. The van der Waals surface area contributed by atoms with Gasteiger partial charge in [-0.25, -0.2) is 4.79 Å². The number of aryl methyl sites for hydroxylation is 2. The summed E-state index contributed by atoms with van der Waals surface area (Å²) in [6, 6.07) is 12.7. The summed E-state index contributed by atoms with van der Waals surface area (Å²) >= 11 is 0. The first kappa shape index (κ1) is 18.7. The van der Waals surface area contributed by atoms with Gasteiger partial charge in [-0.3, -0.25) is 4.79 Å². The summed E-state index contributed by atoms with van der Waals surface area (Å²) < 4.78 is 10.4. The van der Waals surface area contributed by atoms with E-state index in [1.54, 1.807) is 31.2 Å². The van der Waals surface area contributed by atoms with Crippen LogP contribution < -0.4 is 5.32 Å². The number of rotatable bonds is 7. The van der Waals surface area contributed by atoms with Crippen LogP contribution in [0.3, 0.4) is 0 Å². The number of amides is 1. The molecule has 0 unspecified atom stereocenters. The highest BCUT2D eigenvalue weighted by molar-refractivity contribution is 5.93. The number of hydrogen-bond donors (Lipinski definition) is 1. The van der Waals surface area contributed by atoms with Crippen LogP contribution in [0.4, 0.5) is 5.69 Å². The van der Waals surface area contributed by atoms with E-state index >= 15 is 0 Å². The first-order valence-electron chi connectivity index (χ1n) is 8.20. The molecule has 0 saturated carbocycles. The van der Waals surface area contributed by atoms with Crippen LogP contribution in [0.15, 0.2) is 42.5 Å². The van der Waals surface area contributed by atoms with Crippen molar-refractivity contribution in [3.8, 4) is 0 Å². The highest BCUT2D eigenvalue weighted by Crippen LogP contribution is 2.13. The molecule has 0 radical (unpaired) electrons. The van der Waals surface area contributed by atoms with Gasteiger partial charge < -0.3 is 14.8 Å². The molecule has 0 aromatic heterocycles. The molecule has 0 aliphatic rings. The molecule has 0 atom stereocenters. The van der Waals surface area contributed by atoms with Crippen molar-refractivity contribution in [3.63, 3.8) is 0 Å². The van der Waals surface area contributed by atoms with Gasteiger partial charge in [0.2, 0.25) is 5.91 Å². The smallest absolute Gasteiger partial charge is 0.338 e. The zero-order chi connectivity index (χ0) is 18.2. The van der Waals surface area contributed by atoms with Crippen LogP contribution in [-0.4, -0.2) is 25.1 Å². The Morgan fingerprint density at radius 3 is 2.40 bits per heavy atom. The molecule has 1 N–H and O–H groups in total. The van der Waals surface area contributed by atoms with Crippen molar-refractivity contribution in [2.75, 3.05) is 18.5 Å². The monoisotopic (exact) mass is 341 g/mol. The van der Waals surface area contributed by atoms with Gasteiger partial charge in [0, 0.05) is 5.69 Å². The molecule has 0 aliphatic carbocycles. The summed E-state index contributed by atoms with van der Waals surface area (Å²) in [6.07, 6.45) is 0. The Bertz CT molecular complexity index is 738. The molecule has 0 spiro atoms. The number of benzene rings is 2. The fraction of sp³-hybridized carbons (Fsp3) is 0.300. The van der Waals surface area contributed by atoms with Crippen LogP contribution in [-0.2, 0) is 20.9 Å². The van der Waals surface area contributed by atoms with E-state index in [9.17, 15) is 9.59 Å². The number of hydrogen-bond acceptors (Lipinski definition) is 4. The van der Waals surface area contributed by atoms with E-state index in [-0.39, 0.29) is 18.5 Å². The average Bonchev–Trinajstić information content (AvgIpc) is 2.57. The van der Waals surface area contributed by atoms with E-state index in [2.05, 4.69) is 11.4 Å². The summed E-state index contributed by atoms with van der Waals surface area (Å²) in [5, 5.41) is 2.73. The van der Waals surface area contributed by atoms with E-state index in [4.69, 9.17) is 9.47 Å². The second-order valence-corrected chi connectivity index (χ2v) is 5.77. The van der Waals surface area contributed by atoms with Crippen molar-refractivity contribution in [1.82, 2.24) is 0 Å². The Kier molecular flexibility index (Phi) is 6.71. The number of anilines is 1. The van der Waals surface area contributed by atoms with Gasteiger partial charge in [0.05, 0.1) is 18.8 Å². The highest BCUT2D eigenvalue weighted by Gasteiger charge is 2.08. The molecule has 2 rings (SSSR count). The molecular formula is C20H23NO4. The molecule has 2 aromatic rings. The molecule has 0 heterocycles. The van der Waals surface area contributed by atoms with Crippen LogP contribution in [0, 0.1) is 13.8 Å². The minimum Gasteiger partial charge on any atom is -0.462 e. The number of nitrogens with one attached hydrogen (secondary N) is 1. The van der Waals surface area contributed by atoms with Gasteiger partial charge in [0.1, 0.15) is 6.61 Å². The lowest BCUT2D eigenvalue weighted by atomic mass is 10.1. The maximum Gasteiger partial charge on any atom is 0.338 e. The van der Waals surface area contributed by atoms with Crippen LogP contribution >= 0.6 is 0 Å². The standard InChI is InChI=1S/C20H23NO4/c1-4-25-20(23)16-7-9-18(10-8-16)21-19(22)13-24-12-17-6-5-14(2)11-15(17)3/h5-11H,4,12-13H2,1-3H3,(H,21,22). The van der Waals surface area contributed by atoms with Gasteiger partial charge >= 0.3 is 5.97 Å². The second-order valence-electron chi connectivity index (χ2n) is 5.77. The van der Waals surface area contributed by atoms with Crippen LogP contribution in [0.2, 0.25) is 0 Å². The van der Waals surface area contributed by atoms with E-state index in [0.717, 1.165) is 11.1 Å². The number of ether oxygens (including phenoxy) is 2. The SMILES string of the molecule is CCOC(=O)c1ccc(NC(=O)COCc2ccc(C)cc2C)cc1. The molecule has 0 fully saturated rings. The zero-order valence-corrected chi connectivity index (χ0v) is 14.8. The lowest BCUT2D eigenvalue weighted by Gasteiger charge is -2.09. The number of esters is 1. The molecular weight excluding hydrogens is 318 g/mol. The van der Waals surface area contributed by atoms with Crippen LogP contribution in [0.5, 0.6) is 0 Å². The van der Waals surface area contributed by atoms with Crippen molar-refractivity contribution < 1.29 is 19.1 Å². The summed E-state index contributed by atoms with van der Waals surface area (Å²) in [7, 11) is 0. The van der Waals surface area contributed by atoms with Crippen molar-refractivity contribution >= 4 is 17.6 Å². The number of carbonyl (C=O) groups is 2. The summed E-state index contributed by atoms with van der Waals surface area (Å²) in [4.78, 5) is 23.5. The fourth-order valence-electron chi connectivity index (χ4n) is 2.36. The van der Waals surface area contributed by atoms with E-state index in [1.807, 2.05) is 26.0 Å². The lowest BCUT2D eigenvalue weighted by molar-refractivity contribution is -0.121. The van der Waals surface area contributed by atoms with Crippen molar-refractivity contribution in [1.29, 1.82) is 0 Å². The number of carbonyl (C=O) groups excluding carboxylic acids is 2. The zero-order valence-electron chi connectivity index (χ0n) is 14.8. The van der Waals surface area contributed by atoms with E-state index in [1.165, 1.54) is 5.56 Å². The van der Waals surface area contributed by atoms with Gasteiger partial charge in [-0.1, -0.05) is 23.8 Å². The quantitative estimate of drug-likeness (QED) is 0.781. The van der Waals surface area contributed by atoms with E-state index in [0.29, 0.717) is 24.5 Å². The molecule has 0 aliphatic heterocycles. The molecule has 5 nitrogen and oxygen atoms in total. The third-order valence-corrected chi connectivity index (χ3v) is 3.67. The van der Waals surface area contributed by atoms with Crippen LogP contribution in [0.25, 0.3) is 0 Å². The molecule has 25 heavy (non-hydrogen) atoms. The average molecular weight is 341 g/mol. The van der Waals surface area contributed by atoms with Gasteiger partial charge in [-0.2, -0.15) is 0 Å². The minimum atomic E-state index is -0.378. The Morgan fingerprint density at radius 1 is 1.04 bits per heavy atom. The Balaban J connectivity index is 1.81. The predicted octanol–water partition coefficient (Wildman–Crippen LogP) is 3.64. The van der Waals surface area contributed by atoms with Crippen molar-refractivity contribution in [2.24, 2.45) is 0 Å². The molecule has 0 saturated heterocycles. The lowest BCUT2D eigenvalue weighted by Crippen LogP contribution is -2.18. The van der Waals surface area contributed by atoms with Gasteiger partial charge in [-0.05, 0) is 56.2 Å². The summed E-state index contributed by atoms with van der Waals surface area (Å²) in [5.74, 6) is -0.620. The molecule has 5 heteroatoms. The van der Waals surface area contributed by atoms with Gasteiger partial charge in [0.15, 0.2) is 0 Å². The third-order valence-electron chi connectivity index (χ3n) is 3.67. The van der Waals surface area contributed by atoms with Gasteiger partial charge in [-0.15, -0.1) is 0 Å². The van der Waals surface area contributed by atoms with Crippen molar-refractivity contribution in [3.05, 3.63) is 64.7 Å². The molecule has 2 aromatic carbocycles. The fourth-order valence-corrected chi connectivity index (χ4v) is 2.36. The van der Waals surface area contributed by atoms with E-state index < -0.39 is 0 Å². The third kappa shape index (κ3) is 5.72. The Hall–Kier alpha value is -2.66. The Morgan fingerprint density at radius 2 is 1.76 bits per heavy atom. The first-order chi connectivity index (χ1) is 12.0. The van der Waals surface area contributed by atoms with Crippen molar-refractivity contribution in [2.45, 2.75) is 27.4 Å². The topological polar surface area (TPSA) is 64.6 Å². The minimum absolute atomic E-state index is 0.0348. The maximum atomic E-state index is 11.9. The Labute approximate surface area is 148 Å². The van der Waals surface area contributed by atoms with Crippen LogP contribution in [0.1, 0.15) is 34.0 Å². The molecule has 132 valence electrons. The van der Waals surface area contributed by atoms with Gasteiger partial charge in [0.25, 0.3) is 0 Å². The highest BCUT2D eigenvalue weighted by atomic mass is 16.5. The first-order valence-corrected chi connectivity index (χ1v) is 8.20. The predicted molar refractivity (Wildman–Crippen MR) is 96.6 cm³/mol. The normalized spacial score (nSPS) is 10.4. The molecule has 1 amide bonds. The largest absolute Gasteiger partial charge is 0.462 e. The summed E-state index contributed by atoms with van der Waals surface area (Å²) in [6.45, 7) is 6.50. The second kappa shape index (κ2) is 8.99.